The van der Waals surface area contributed by atoms with Gasteiger partial charge in [0.2, 0.25) is 0 Å². The van der Waals surface area contributed by atoms with Crippen LogP contribution in [0.3, 0.4) is 0 Å². The summed E-state index contributed by atoms with van der Waals surface area (Å²) in [5.74, 6) is 2.10. The first kappa shape index (κ1) is 11.2. The van der Waals surface area contributed by atoms with Gasteiger partial charge in [0.15, 0.2) is 5.82 Å². The standard InChI is InChI=1S/C12H20N4O/c1-9-14-15-12(11-8-17-7-6-13-11)16(9)10-4-2-3-5-10/h10-11,13H,2-8H2,1H3. The Labute approximate surface area is 102 Å². The van der Waals surface area contributed by atoms with E-state index in [-0.39, 0.29) is 6.04 Å². The lowest BCUT2D eigenvalue weighted by molar-refractivity contribution is 0.0724. The SMILES string of the molecule is Cc1nnc(C2COCCN2)n1C1CCCC1. The summed E-state index contributed by atoms with van der Waals surface area (Å²) >= 11 is 0. The molecular weight excluding hydrogens is 216 g/mol. The number of morpholine rings is 1. The van der Waals surface area contributed by atoms with Gasteiger partial charge in [0.05, 0.1) is 19.3 Å². The fourth-order valence-electron chi connectivity index (χ4n) is 2.97. The molecule has 1 atom stereocenters. The van der Waals surface area contributed by atoms with Gasteiger partial charge in [-0.25, -0.2) is 0 Å². The molecule has 1 aromatic heterocycles. The molecule has 1 unspecified atom stereocenters. The number of ether oxygens (including phenoxy) is 1. The molecule has 0 radical (unpaired) electrons. The van der Waals surface area contributed by atoms with Crippen molar-refractivity contribution in [1.29, 1.82) is 0 Å². The lowest BCUT2D eigenvalue weighted by Gasteiger charge is -2.25. The van der Waals surface area contributed by atoms with Gasteiger partial charge in [0, 0.05) is 12.6 Å². The highest BCUT2D eigenvalue weighted by Crippen LogP contribution is 2.32. The summed E-state index contributed by atoms with van der Waals surface area (Å²) in [4.78, 5) is 0. The van der Waals surface area contributed by atoms with Crippen LogP contribution in [-0.4, -0.2) is 34.5 Å². The van der Waals surface area contributed by atoms with Crippen LogP contribution in [0.15, 0.2) is 0 Å². The fraction of sp³-hybridized carbons (Fsp3) is 0.833. The number of nitrogens with zero attached hydrogens (tertiary/aromatic N) is 3. The Hall–Kier alpha value is -0.940. The van der Waals surface area contributed by atoms with Crippen LogP contribution >= 0.6 is 0 Å². The zero-order chi connectivity index (χ0) is 11.7. The normalized spacial score (nSPS) is 26.5. The molecule has 0 spiro atoms. The highest BCUT2D eigenvalue weighted by Gasteiger charge is 2.27. The van der Waals surface area contributed by atoms with Crippen LogP contribution in [0.25, 0.3) is 0 Å². The van der Waals surface area contributed by atoms with E-state index in [1.165, 1.54) is 25.7 Å². The minimum absolute atomic E-state index is 0.213. The molecule has 1 aromatic rings. The molecule has 3 rings (SSSR count). The van der Waals surface area contributed by atoms with Crippen LogP contribution in [0.2, 0.25) is 0 Å². The molecular formula is C12H20N4O. The van der Waals surface area contributed by atoms with Crippen molar-refractivity contribution in [2.45, 2.75) is 44.7 Å². The minimum atomic E-state index is 0.213. The van der Waals surface area contributed by atoms with Gasteiger partial charge < -0.3 is 14.6 Å². The molecule has 0 bridgehead atoms. The van der Waals surface area contributed by atoms with E-state index in [0.717, 1.165) is 24.8 Å². The van der Waals surface area contributed by atoms with E-state index in [0.29, 0.717) is 12.6 Å². The summed E-state index contributed by atoms with van der Waals surface area (Å²) in [7, 11) is 0. The number of hydrogen-bond acceptors (Lipinski definition) is 4. The lowest BCUT2D eigenvalue weighted by atomic mass is 10.2. The average molecular weight is 236 g/mol. The molecule has 2 fully saturated rings. The van der Waals surface area contributed by atoms with Gasteiger partial charge in [-0.15, -0.1) is 10.2 Å². The molecule has 1 aliphatic carbocycles. The van der Waals surface area contributed by atoms with Crippen LogP contribution in [0, 0.1) is 6.92 Å². The Morgan fingerprint density at radius 1 is 1.29 bits per heavy atom. The Bertz CT molecular complexity index is 378. The predicted octanol–water partition coefficient (Wildman–Crippen LogP) is 1.36. The number of hydrogen-bond donors (Lipinski definition) is 1. The molecule has 17 heavy (non-hydrogen) atoms. The molecule has 1 N–H and O–H groups in total. The van der Waals surface area contributed by atoms with Crippen molar-refractivity contribution in [1.82, 2.24) is 20.1 Å². The largest absolute Gasteiger partial charge is 0.378 e. The van der Waals surface area contributed by atoms with E-state index in [9.17, 15) is 0 Å². The van der Waals surface area contributed by atoms with E-state index >= 15 is 0 Å². The predicted molar refractivity (Wildman–Crippen MR) is 63.8 cm³/mol. The van der Waals surface area contributed by atoms with Crippen LogP contribution in [0.1, 0.15) is 49.4 Å². The fourth-order valence-corrected chi connectivity index (χ4v) is 2.97. The maximum Gasteiger partial charge on any atom is 0.152 e. The number of rotatable bonds is 2. The van der Waals surface area contributed by atoms with E-state index < -0.39 is 0 Å². The third-order valence-corrected chi connectivity index (χ3v) is 3.82. The smallest absolute Gasteiger partial charge is 0.152 e. The number of aromatic nitrogens is 3. The van der Waals surface area contributed by atoms with Crippen LogP contribution in [0.5, 0.6) is 0 Å². The van der Waals surface area contributed by atoms with Gasteiger partial charge in [0.25, 0.3) is 0 Å². The summed E-state index contributed by atoms with van der Waals surface area (Å²) in [6.45, 7) is 4.47. The van der Waals surface area contributed by atoms with E-state index in [1.807, 2.05) is 0 Å². The minimum Gasteiger partial charge on any atom is -0.378 e. The van der Waals surface area contributed by atoms with Gasteiger partial charge in [0.1, 0.15) is 5.82 Å². The first-order valence-electron chi connectivity index (χ1n) is 6.59. The third-order valence-electron chi connectivity index (χ3n) is 3.82. The van der Waals surface area contributed by atoms with Gasteiger partial charge in [-0.05, 0) is 19.8 Å². The summed E-state index contributed by atoms with van der Waals surface area (Å²) in [6, 6.07) is 0.814. The van der Waals surface area contributed by atoms with Crippen LogP contribution in [0.4, 0.5) is 0 Å². The molecule has 2 heterocycles. The maximum absolute atomic E-state index is 5.52. The van der Waals surface area contributed by atoms with Crippen LogP contribution < -0.4 is 5.32 Å². The average Bonchev–Trinajstić information content (AvgIpc) is 2.99. The van der Waals surface area contributed by atoms with Crippen molar-refractivity contribution in [2.24, 2.45) is 0 Å². The van der Waals surface area contributed by atoms with E-state index in [1.54, 1.807) is 0 Å². The quantitative estimate of drug-likeness (QED) is 0.842. The zero-order valence-electron chi connectivity index (χ0n) is 10.4. The number of nitrogens with one attached hydrogen (secondary N) is 1. The molecule has 5 heteroatoms. The Morgan fingerprint density at radius 3 is 2.82 bits per heavy atom. The Balaban J connectivity index is 1.87. The number of aryl methyl sites for hydroxylation is 1. The van der Waals surface area contributed by atoms with E-state index in [4.69, 9.17) is 4.74 Å². The summed E-state index contributed by atoms with van der Waals surface area (Å²) in [6.07, 6.45) is 5.19. The maximum atomic E-state index is 5.52. The first-order chi connectivity index (χ1) is 8.36. The topological polar surface area (TPSA) is 52.0 Å². The van der Waals surface area contributed by atoms with Crippen molar-refractivity contribution in [3.63, 3.8) is 0 Å². The zero-order valence-corrected chi connectivity index (χ0v) is 10.4. The van der Waals surface area contributed by atoms with Gasteiger partial charge in [-0.3, -0.25) is 0 Å². The third kappa shape index (κ3) is 2.09. The molecule has 1 saturated heterocycles. The molecule has 1 saturated carbocycles. The van der Waals surface area contributed by atoms with Crippen molar-refractivity contribution in [3.05, 3.63) is 11.6 Å². The molecule has 0 aromatic carbocycles. The first-order valence-corrected chi connectivity index (χ1v) is 6.59. The van der Waals surface area contributed by atoms with Crippen molar-refractivity contribution in [3.8, 4) is 0 Å². The van der Waals surface area contributed by atoms with Gasteiger partial charge >= 0.3 is 0 Å². The second kappa shape index (κ2) is 4.74. The lowest BCUT2D eigenvalue weighted by Crippen LogP contribution is -2.36. The molecule has 1 aliphatic heterocycles. The Morgan fingerprint density at radius 2 is 2.12 bits per heavy atom. The molecule has 2 aliphatic rings. The van der Waals surface area contributed by atoms with Crippen molar-refractivity contribution >= 4 is 0 Å². The van der Waals surface area contributed by atoms with Gasteiger partial charge in [-0.2, -0.15) is 0 Å². The molecule has 0 amide bonds. The Kier molecular flexibility index (Phi) is 3.11. The highest BCUT2D eigenvalue weighted by molar-refractivity contribution is 5.04. The second-order valence-electron chi connectivity index (χ2n) is 5.00. The monoisotopic (exact) mass is 236 g/mol. The van der Waals surface area contributed by atoms with Crippen molar-refractivity contribution in [2.75, 3.05) is 19.8 Å². The molecule has 5 nitrogen and oxygen atoms in total. The van der Waals surface area contributed by atoms with E-state index in [2.05, 4.69) is 27.0 Å². The summed E-state index contributed by atoms with van der Waals surface area (Å²) < 4.78 is 7.85. The summed E-state index contributed by atoms with van der Waals surface area (Å²) in [5.41, 5.74) is 0. The van der Waals surface area contributed by atoms with Crippen LogP contribution in [-0.2, 0) is 4.74 Å². The molecule has 94 valence electrons. The van der Waals surface area contributed by atoms with Crippen molar-refractivity contribution < 1.29 is 4.74 Å². The second-order valence-corrected chi connectivity index (χ2v) is 5.00. The summed E-state index contributed by atoms with van der Waals surface area (Å²) in [5, 5.41) is 12.1. The van der Waals surface area contributed by atoms with Gasteiger partial charge in [-0.1, -0.05) is 12.8 Å². The highest BCUT2D eigenvalue weighted by atomic mass is 16.5.